The Morgan fingerprint density at radius 1 is 0.667 bits per heavy atom. The highest BCUT2D eigenvalue weighted by atomic mass is 16.8. The SMILES string of the molecule is C[C@@H]1O[C@@H](O[C@H]2[C@H](Oc3c(-c4ccc(O)c(O)c4)oc4cc(O)cc(O[C@@H]5O[C@H](CO)[C@@H](O)[C@H](O)[C@H]5O)c4c3=O)O[C@H](COC(=O)/C=C/c3ccc(O)c(O)c3)[C@@H](O)[C@@H]2O)[C@H](O)[C@H](O)[C@H]1O. The molecule has 14 N–H and O–H groups in total. The molecule has 358 valence electrons. The van der Waals surface area contributed by atoms with E-state index in [0.29, 0.717) is 0 Å². The standard InChI is InChI=1S/C42H46O24/c1-14-28(50)32(54)35(57)40(60-14)66-39-34(56)30(52)25(13-59-26(49)7-3-15-2-5-18(45)20(47)8-15)64-42(39)65-38-31(53)27-22(61-37(38)16-4-6-19(46)21(48)9-16)10-17(44)11-23(27)62-41-36(58)33(55)29(51)24(12-43)63-41/h2-11,14,24-25,28-30,32-36,39-48,50-52,54-58H,12-13H2,1H3/b7-3+/t14-,24+,25+,28-,29+,30+,32+,33-,34-,35+,36+,39+,40-,41+,42-/m0/s1. The lowest BCUT2D eigenvalue weighted by molar-refractivity contribution is -0.354. The fourth-order valence-corrected chi connectivity index (χ4v) is 7.30. The first kappa shape index (κ1) is 48.1. The van der Waals surface area contributed by atoms with Crippen molar-refractivity contribution < 1.29 is 114 Å². The lowest BCUT2D eigenvalue weighted by Crippen LogP contribution is -2.64. The predicted molar refractivity (Wildman–Crippen MR) is 216 cm³/mol. The van der Waals surface area contributed by atoms with Gasteiger partial charge in [-0.15, -0.1) is 0 Å². The smallest absolute Gasteiger partial charge is 0.330 e. The van der Waals surface area contributed by atoms with Gasteiger partial charge in [0.2, 0.25) is 23.8 Å². The first-order valence-corrected chi connectivity index (χ1v) is 20.0. The molecule has 7 rings (SSSR count). The molecule has 0 saturated carbocycles. The molecule has 66 heavy (non-hydrogen) atoms. The largest absolute Gasteiger partial charge is 0.508 e. The number of hydrogen-bond donors (Lipinski definition) is 14. The average Bonchev–Trinajstić information content (AvgIpc) is 3.28. The van der Waals surface area contributed by atoms with Gasteiger partial charge in [-0.25, -0.2) is 4.79 Å². The molecule has 1 aromatic heterocycles. The van der Waals surface area contributed by atoms with E-state index in [1.54, 1.807) is 0 Å². The lowest BCUT2D eigenvalue weighted by Gasteiger charge is -2.45. The number of fused-ring (bicyclic) bond motifs is 1. The monoisotopic (exact) mass is 934 g/mol. The second kappa shape index (κ2) is 19.6. The molecule has 0 spiro atoms. The van der Waals surface area contributed by atoms with Gasteiger partial charge in [-0.3, -0.25) is 4.79 Å². The van der Waals surface area contributed by atoms with Crippen molar-refractivity contribution in [1.82, 2.24) is 0 Å². The number of carbonyl (C=O) groups is 1. The summed E-state index contributed by atoms with van der Waals surface area (Å²) in [6.45, 7) is -0.374. The van der Waals surface area contributed by atoms with E-state index in [-0.39, 0.29) is 11.1 Å². The van der Waals surface area contributed by atoms with Crippen molar-refractivity contribution in [2.45, 2.75) is 99.0 Å². The van der Waals surface area contributed by atoms with Crippen molar-refractivity contribution in [3.05, 3.63) is 70.4 Å². The summed E-state index contributed by atoms with van der Waals surface area (Å²) >= 11 is 0. The van der Waals surface area contributed by atoms with E-state index >= 15 is 0 Å². The number of benzene rings is 3. The molecule has 24 heteroatoms. The summed E-state index contributed by atoms with van der Waals surface area (Å²) in [6.07, 6.45) is -25.6. The normalized spacial score (nSPS) is 32.6. The summed E-state index contributed by atoms with van der Waals surface area (Å²) in [4.78, 5) is 27.6. The molecule has 3 saturated heterocycles. The zero-order chi connectivity index (χ0) is 47.9. The highest BCUT2D eigenvalue weighted by Crippen LogP contribution is 2.41. The van der Waals surface area contributed by atoms with Gasteiger partial charge in [0.15, 0.2) is 41.2 Å². The van der Waals surface area contributed by atoms with Crippen LogP contribution in [0.15, 0.2) is 63.8 Å². The second-order valence-electron chi connectivity index (χ2n) is 15.6. The number of phenolic OH excluding ortho intramolecular Hbond substituents is 5. The number of hydrogen-bond acceptors (Lipinski definition) is 24. The van der Waals surface area contributed by atoms with Crippen molar-refractivity contribution in [1.29, 1.82) is 0 Å². The minimum Gasteiger partial charge on any atom is -0.508 e. The summed E-state index contributed by atoms with van der Waals surface area (Å²) in [5.41, 5.74) is -1.61. The second-order valence-corrected chi connectivity index (χ2v) is 15.6. The van der Waals surface area contributed by atoms with Crippen LogP contribution in [-0.4, -0.2) is 183 Å². The lowest BCUT2D eigenvalue weighted by atomic mass is 9.97. The summed E-state index contributed by atoms with van der Waals surface area (Å²) in [5, 5.41) is 146. The number of phenols is 5. The third-order valence-electron chi connectivity index (χ3n) is 11.0. The summed E-state index contributed by atoms with van der Waals surface area (Å²) in [7, 11) is 0. The van der Waals surface area contributed by atoms with Crippen LogP contribution in [0.2, 0.25) is 0 Å². The van der Waals surface area contributed by atoms with E-state index < -0.39 is 174 Å². The third-order valence-corrected chi connectivity index (χ3v) is 11.0. The third kappa shape index (κ3) is 9.67. The minimum absolute atomic E-state index is 0.191. The number of carbonyl (C=O) groups excluding carboxylic acids is 1. The van der Waals surface area contributed by atoms with Crippen molar-refractivity contribution in [3.8, 4) is 51.6 Å². The van der Waals surface area contributed by atoms with Crippen LogP contribution >= 0.6 is 0 Å². The maximum Gasteiger partial charge on any atom is 0.330 e. The Labute approximate surface area is 370 Å². The molecular formula is C42H46O24. The molecule has 0 unspecified atom stereocenters. The van der Waals surface area contributed by atoms with Gasteiger partial charge in [0, 0.05) is 23.8 Å². The molecule has 3 aromatic carbocycles. The zero-order valence-electron chi connectivity index (χ0n) is 34.2. The van der Waals surface area contributed by atoms with Crippen LogP contribution in [0.3, 0.4) is 0 Å². The molecule has 24 nitrogen and oxygen atoms in total. The first-order valence-electron chi connectivity index (χ1n) is 20.0. The molecule has 3 aliphatic rings. The molecule has 0 aliphatic carbocycles. The molecule has 15 atom stereocenters. The summed E-state index contributed by atoms with van der Waals surface area (Å²) < 4.78 is 46.0. The fourth-order valence-electron chi connectivity index (χ4n) is 7.30. The van der Waals surface area contributed by atoms with Crippen LogP contribution < -0.4 is 14.9 Å². The van der Waals surface area contributed by atoms with Crippen LogP contribution in [0, 0.1) is 0 Å². The van der Waals surface area contributed by atoms with Crippen molar-refractivity contribution >= 4 is 23.0 Å². The average molecular weight is 935 g/mol. The number of aromatic hydroxyl groups is 5. The van der Waals surface area contributed by atoms with E-state index in [2.05, 4.69) is 0 Å². The molecular weight excluding hydrogens is 888 g/mol. The molecule has 4 heterocycles. The Balaban J connectivity index is 1.30. The van der Waals surface area contributed by atoms with Gasteiger partial charge in [-0.2, -0.15) is 0 Å². The van der Waals surface area contributed by atoms with Crippen LogP contribution in [0.4, 0.5) is 0 Å². The number of rotatable bonds is 12. The Bertz CT molecular complexity index is 2470. The molecule has 4 aromatic rings. The van der Waals surface area contributed by atoms with Gasteiger partial charge >= 0.3 is 5.97 Å². The summed E-state index contributed by atoms with van der Waals surface area (Å²) in [6, 6.07) is 8.58. The maximum atomic E-state index is 14.9. The van der Waals surface area contributed by atoms with E-state index in [1.807, 2.05) is 0 Å². The van der Waals surface area contributed by atoms with Gasteiger partial charge in [0.1, 0.15) is 90.1 Å². The Morgan fingerprint density at radius 3 is 1.98 bits per heavy atom. The van der Waals surface area contributed by atoms with E-state index in [1.165, 1.54) is 19.1 Å². The van der Waals surface area contributed by atoms with Gasteiger partial charge in [0.05, 0.1) is 12.7 Å². The predicted octanol–water partition coefficient (Wildman–Crippen LogP) is -2.54. The first-order chi connectivity index (χ1) is 31.3. The highest BCUT2D eigenvalue weighted by molar-refractivity contribution is 5.89. The molecule has 3 fully saturated rings. The number of aliphatic hydroxyl groups is 9. The topological polar surface area (TPSA) is 395 Å². The highest BCUT2D eigenvalue weighted by Gasteiger charge is 2.52. The molecule has 0 radical (unpaired) electrons. The van der Waals surface area contributed by atoms with Crippen LogP contribution in [-0.2, 0) is 28.5 Å². The Morgan fingerprint density at radius 2 is 1.30 bits per heavy atom. The Kier molecular flexibility index (Phi) is 14.3. The number of aliphatic hydroxyl groups excluding tert-OH is 9. The van der Waals surface area contributed by atoms with Crippen molar-refractivity contribution in [2.75, 3.05) is 13.2 Å². The van der Waals surface area contributed by atoms with Gasteiger partial charge in [-0.05, 0) is 48.9 Å². The minimum atomic E-state index is -2.14. The molecule has 3 aliphatic heterocycles. The van der Waals surface area contributed by atoms with Crippen LogP contribution in [0.1, 0.15) is 12.5 Å². The van der Waals surface area contributed by atoms with Gasteiger partial charge in [0.25, 0.3) is 0 Å². The quantitative estimate of drug-likeness (QED) is 0.0395. The molecule has 0 bridgehead atoms. The Hall–Kier alpha value is -5.84. The van der Waals surface area contributed by atoms with E-state index in [4.69, 9.17) is 37.6 Å². The number of esters is 1. The van der Waals surface area contributed by atoms with Gasteiger partial charge in [-0.1, -0.05) is 6.07 Å². The van der Waals surface area contributed by atoms with Gasteiger partial charge < -0.3 is 109 Å². The van der Waals surface area contributed by atoms with E-state index in [0.717, 1.165) is 48.5 Å². The fraction of sp³-hybridized carbons (Fsp3) is 0.429. The van der Waals surface area contributed by atoms with Crippen molar-refractivity contribution in [3.63, 3.8) is 0 Å². The van der Waals surface area contributed by atoms with Crippen LogP contribution in [0.5, 0.6) is 40.2 Å². The van der Waals surface area contributed by atoms with Crippen molar-refractivity contribution in [2.24, 2.45) is 0 Å². The molecule has 0 amide bonds. The zero-order valence-corrected chi connectivity index (χ0v) is 34.2. The summed E-state index contributed by atoms with van der Waals surface area (Å²) in [5.74, 6) is -5.96. The van der Waals surface area contributed by atoms with E-state index in [9.17, 15) is 81.1 Å². The number of ether oxygens (including phenoxy) is 7. The van der Waals surface area contributed by atoms with Crippen LogP contribution in [0.25, 0.3) is 28.4 Å². The maximum absolute atomic E-state index is 14.9.